The second kappa shape index (κ2) is 14.5. The van der Waals surface area contributed by atoms with Crippen molar-refractivity contribution in [3.63, 3.8) is 0 Å². The fraction of sp³-hybridized carbons (Fsp3) is 0.652. The summed E-state index contributed by atoms with van der Waals surface area (Å²) >= 11 is 0. The van der Waals surface area contributed by atoms with E-state index in [1.807, 2.05) is 39.8 Å². The topological polar surface area (TPSA) is 87.2 Å². The zero-order valence-electron chi connectivity index (χ0n) is 20.1. The number of hydrogen-bond donors (Lipinski definition) is 3. The molecule has 32 heavy (non-hydrogen) atoms. The van der Waals surface area contributed by atoms with Crippen molar-refractivity contribution < 1.29 is 14.3 Å². The molecule has 0 radical (unpaired) electrons. The van der Waals surface area contributed by atoms with Crippen LogP contribution in [0.4, 0.5) is 0 Å². The molecular formula is C23H40IN5O3. The second-order valence-electron chi connectivity index (χ2n) is 8.26. The normalized spacial score (nSPS) is 16.0. The van der Waals surface area contributed by atoms with E-state index in [0.29, 0.717) is 25.6 Å². The summed E-state index contributed by atoms with van der Waals surface area (Å²) in [6, 6.07) is 8.40. The first kappa shape index (κ1) is 28.4. The van der Waals surface area contributed by atoms with Crippen molar-refractivity contribution in [3.05, 3.63) is 29.8 Å². The van der Waals surface area contributed by atoms with Gasteiger partial charge in [0.1, 0.15) is 5.75 Å². The van der Waals surface area contributed by atoms with Gasteiger partial charge in [-0.2, -0.15) is 0 Å². The summed E-state index contributed by atoms with van der Waals surface area (Å²) in [7, 11) is 1.68. The number of amides is 1. The molecule has 0 spiro atoms. The molecule has 1 atom stereocenters. The molecule has 182 valence electrons. The average Bonchev–Trinajstić information content (AvgIpc) is 2.79. The maximum absolute atomic E-state index is 12.3. The lowest BCUT2D eigenvalue weighted by Gasteiger charge is -2.35. The fourth-order valence-electron chi connectivity index (χ4n) is 3.46. The Hall–Kier alpha value is -1.59. The summed E-state index contributed by atoms with van der Waals surface area (Å²) in [5, 5.41) is 9.67. The largest absolute Gasteiger partial charge is 0.497 e. The van der Waals surface area contributed by atoms with Crippen molar-refractivity contribution in [2.24, 2.45) is 10.4 Å². The molecule has 3 N–H and O–H groups in total. The molecule has 0 bridgehead atoms. The zero-order valence-corrected chi connectivity index (χ0v) is 22.4. The highest BCUT2D eigenvalue weighted by molar-refractivity contribution is 14.0. The van der Waals surface area contributed by atoms with Crippen LogP contribution in [0.15, 0.2) is 29.3 Å². The fourth-order valence-corrected chi connectivity index (χ4v) is 3.46. The van der Waals surface area contributed by atoms with Crippen molar-refractivity contribution >= 4 is 35.8 Å². The van der Waals surface area contributed by atoms with Crippen molar-refractivity contribution in [1.82, 2.24) is 20.9 Å². The zero-order chi connectivity index (χ0) is 22.7. The molecule has 8 nitrogen and oxygen atoms in total. The average molecular weight is 562 g/mol. The second-order valence-corrected chi connectivity index (χ2v) is 8.26. The predicted molar refractivity (Wildman–Crippen MR) is 140 cm³/mol. The van der Waals surface area contributed by atoms with E-state index in [9.17, 15) is 4.79 Å². The molecule has 1 unspecified atom stereocenters. The number of rotatable bonds is 10. The van der Waals surface area contributed by atoms with Crippen molar-refractivity contribution in [2.45, 2.75) is 33.7 Å². The Morgan fingerprint density at radius 1 is 1.12 bits per heavy atom. The van der Waals surface area contributed by atoms with Crippen LogP contribution in [0.1, 0.15) is 39.3 Å². The highest BCUT2D eigenvalue weighted by Gasteiger charge is 2.27. The summed E-state index contributed by atoms with van der Waals surface area (Å²) in [5.74, 6) is 1.57. The standard InChI is InChI=1S/C23H39N5O3.HI/c1-6-24-21(29)23(3,4)17-27-22(25-7-2)26-16-20(28-12-14-31-15-13-28)18-8-10-19(30-5)11-9-18;/h8-11,20H,6-7,12-17H2,1-5H3,(H,24,29)(H2,25,26,27);1H. The lowest BCUT2D eigenvalue weighted by atomic mass is 9.92. The van der Waals surface area contributed by atoms with E-state index in [2.05, 4.69) is 33.0 Å². The molecule has 1 aliphatic heterocycles. The molecule has 1 aliphatic rings. The predicted octanol–water partition coefficient (Wildman–Crippen LogP) is 2.40. The van der Waals surface area contributed by atoms with Gasteiger partial charge in [-0.25, -0.2) is 0 Å². The van der Waals surface area contributed by atoms with Crippen LogP contribution < -0.4 is 20.7 Å². The Morgan fingerprint density at radius 3 is 2.31 bits per heavy atom. The van der Waals surface area contributed by atoms with E-state index in [1.165, 1.54) is 5.56 Å². The number of carbonyl (C=O) groups is 1. The summed E-state index contributed by atoms with van der Waals surface area (Å²) in [5.41, 5.74) is 0.645. The Labute approximate surface area is 209 Å². The Balaban J connectivity index is 0.00000512. The van der Waals surface area contributed by atoms with Gasteiger partial charge in [-0.05, 0) is 45.4 Å². The lowest BCUT2D eigenvalue weighted by molar-refractivity contribution is -0.128. The van der Waals surface area contributed by atoms with Gasteiger partial charge in [-0.3, -0.25) is 14.7 Å². The van der Waals surface area contributed by atoms with Crippen LogP contribution in [0.3, 0.4) is 0 Å². The van der Waals surface area contributed by atoms with Crippen molar-refractivity contribution in [2.75, 3.05) is 59.6 Å². The number of ether oxygens (including phenoxy) is 2. The van der Waals surface area contributed by atoms with Gasteiger partial charge in [0.15, 0.2) is 5.96 Å². The number of carbonyl (C=O) groups excluding carboxylic acids is 1. The first-order chi connectivity index (χ1) is 14.9. The SMILES string of the molecule is CCNC(=O)C(C)(C)CN=C(NCC)NCC(c1ccc(OC)cc1)N1CCOCC1.I. The van der Waals surface area contributed by atoms with Crippen LogP contribution in [-0.2, 0) is 9.53 Å². The van der Waals surface area contributed by atoms with Gasteiger partial charge in [-0.15, -0.1) is 24.0 Å². The van der Waals surface area contributed by atoms with Gasteiger partial charge in [0.2, 0.25) is 5.91 Å². The third-order valence-electron chi connectivity index (χ3n) is 5.38. The van der Waals surface area contributed by atoms with Crippen LogP contribution in [0, 0.1) is 5.41 Å². The minimum absolute atomic E-state index is 0. The van der Waals surface area contributed by atoms with Crippen molar-refractivity contribution in [3.8, 4) is 5.75 Å². The number of aliphatic imine (C=N–C) groups is 1. The number of guanidine groups is 1. The Bertz CT molecular complexity index is 706. The molecule has 9 heteroatoms. The van der Waals surface area contributed by atoms with Gasteiger partial charge in [0, 0.05) is 32.7 Å². The molecule has 1 aromatic rings. The van der Waals surface area contributed by atoms with E-state index < -0.39 is 5.41 Å². The maximum atomic E-state index is 12.3. The van der Waals surface area contributed by atoms with E-state index >= 15 is 0 Å². The molecule has 0 aromatic heterocycles. The Morgan fingerprint density at radius 2 is 1.75 bits per heavy atom. The van der Waals surface area contributed by atoms with Crippen LogP contribution in [0.2, 0.25) is 0 Å². The summed E-state index contributed by atoms with van der Waals surface area (Å²) < 4.78 is 10.9. The first-order valence-corrected chi connectivity index (χ1v) is 11.2. The molecule has 0 saturated carbocycles. The van der Waals surface area contributed by atoms with E-state index in [1.54, 1.807) is 7.11 Å². The van der Waals surface area contributed by atoms with Gasteiger partial charge in [-0.1, -0.05) is 12.1 Å². The minimum Gasteiger partial charge on any atom is -0.497 e. The van der Waals surface area contributed by atoms with Gasteiger partial charge >= 0.3 is 0 Å². The van der Waals surface area contributed by atoms with Crippen LogP contribution in [-0.4, -0.2) is 76.4 Å². The third-order valence-corrected chi connectivity index (χ3v) is 5.38. The number of nitrogens with zero attached hydrogens (tertiary/aromatic N) is 2. The molecule has 0 aliphatic carbocycles. The molecule has 1 amide bonds. The van der Waals surface area contributed by atoms with E-state index in [0.717, 1.165) is 38.6 Å². The molecule has 1 fully saturated rings. The van der Waals surface area contributed by atoms with Gasteiger partial charge in [0.05, 0.1) is 38.3 Å². The number of halogens is 1. The highest BCUT2D eigenvalue weighted by Crippen LogP contribution is 2.23. The number of morpholine rings is 1. The number of methoxy groups -OCH3 is 1. The summed E-state index contributed by atoms with van der Waals surface area (Å²) in [6.45, 7) is 13.5. The van der Waals surface area contributed by atoms with Crippen LogP contribution >= 0.6 is 24.0 Å². The van der Waals surface area contributed by atoms with E-state index in [-0.39, 0.29) is 35.9 Å². The van der Waals surface area contributed by atoms with Crippen LogP contribution in [0.5, 0.6) is 5.75 Å². The molecule has 2 rings (SSSR count). The van der Waals surface area contributed by atoms with E-state index in [4.69, 9.17) is 14.5 Å². The number of nitrogens with one attached hydrogen (secondary N) is 3. The van der Waals surface area contributed by atoms with Crippen molar-refractivity contribution in [1.29, 1.82) is 0 Å². The molecule has 1 saturated heterocycles. The maximum Gasteiger partial charge on any atom is 0.227 e. The smallest absolute Gasteiger partial charge is 0.227 e. The minimum atomic E-state index is -0.571. The monoisotopic (exact) mass is 561 g/mol. The number of hydrogen-bond acceptors (Lipinski definition) is 5. The first-order valence-electron chi connectivity index (χ1n) is 11.2. The molecule has 1 aromatic carbocycles. The van der Waals surface area contributed by atoms with Gasteiger partial charge in [0.25, 0.3) is 0 Å². The summed E-state index contributed by atoms with van der Waals surface area (Å²) in [6.07, 6.45) is 0. The quantitative estimate of drug-likeness (QED) is 0.231. The number of benzene rings is 1. The molecule has 1 heterocycles. The van der Waals surface area contributed by atoms with Crippen LogP contribution in [0.25, 0.3) is 0 Å². The Kier molecular flexibility index (Phi) is 12.9. The highest BCUT2D eigenvalue weighted by atomic mass is 127. The molecular weight excluding hydrogens is 521 g/mol. The van der Waals surface area contributed by atoms with Gasteiger partial charge < -0.3 is 25.4 Å². The lowest BCUT2D eigenvalue weighted by Crippen LogP contribution is -2.47. The summed E-state index contributed by atoms with van der Waals surface area (Å²) in [4.78, 5) is 19.4. The third kappa shape index (κ3) is 8.74.